The molecule has 2 amide bonds. The number of rotatable bonds is 9. The van der Waals surface area contributed by atoms with E-state index in [0.29, 0.717) is 5.57 Å². The van der Waals surface area contributed by atoms with Gasteiger partial charge in [-0.3, -0.25) is 24.6 Å². The van der Waals surface area contributed by atoms with Gasteiger partial charge in [-0.15, -0.1) is 34.9 Å². The molecular formula is C21H17N3O8S3. The number of nitrogens with one attached hydrogen (secondary N) is 1. The monoisotopic (exact) mass is 535 g/mol. The summed E-state index contributed by atoms with van der Waals surface area (Å²) < 4.78 is 0. The van der Waals surface area contributed by atoms with Gasteiger partial charge < -0.3 is 15.5 Å². The van der Waals surface area contributed by atoms with Crippen molar-refractivity contribution < 1.29 is 34.3 Å². The second kappa shape index (κ2) is 10.1. The molecule has 0 saturated carbocycles. The zero-order valence-corrected chi connectivity index (χ0v) is 20.2. The van der Waals surface area contributed by atoms with Crippen LogP contribution in [0.25, 0.3) is 0 Å². The topological polar surface area (TPSA) is 167 Å². The maximum absolute atomic E-state index is 12.8. The highest BCUT2D eigenvalue weighted by Crippen LogP contribution is 2.42. The molecule has 11 nitrogen and oxygen atoms in total. The van der Waals surface area contributed by atoms with E-state index in [1.165, 1.54) is 35.2 Å². The second-order valence-electron chi connectivity index (χ2n) is 7.50. The standard InChI is InChI=1S/C21H17N3O8S3/c25-15(7-12-2-1-5-33-12)22-16-18(26)23-17(21(29)30)10(9-35-19(16)23)8-34-14-4-3-11(24(31)32)6-13(14)20(27)28/h1-6,16,19H,7-9H2,(H,22,25)(H,27,28)(H,29,30)/t16-,19+/m1/s1. The van der Waals surface area contributed by atoms with Crippen molar-refractivity contribution in [3.05, 3.63) is 67.5 Å². The van der Waals surface area contributed by atoms with Gasteiger partial charge in [-0.2, -0.15) is 0 Å². The van der Waals surface area contributed by atoms with E-state index in [1.54, 1.807) is 0 Å². The number of fused-ring (bicyclic) bond motifs is 1. The van der Waals surface area contributed by atoms with Crippen LogP contribution in [0.1, 0.15) is 15.2 Å². The molecule has 2 aromatic rings. The maximum atomic E-state index is 12.8. The predicted molar refractivity (Wildman–Crippen MR) is 128 cm³/mol. The van der Waals surface area contributed by atoms with Gasteiger partial charge in [0.05, 0.1) is 16.9 Å². The van der Waals surface area contributed by atoms with Gasteiger partial charge in [0.15, 0.2) is 0 Å². The number of thioether (sulfide) groups is 2. The molecule has 14 heteroatoms. The molecule has 0 aliphatic carbocycles. The van der Waals surface area contributed by atoms with Crippen LogP contribution in [0.4, 0.5) is 5.69 Å². The lowest BCUT2D eigenvalue weighted by Crippen LogP contribution is -2.70. The van der Waals surface area contributed by atoms with E-state index in [-0.39, 0.29) is 45.7 Å². The number of nitro groups is 1. The molecule has 1 fully saturated rings. The first-order chi connectivity index (χ1) is 16.7. The number of hydrogen-bond acceptors (Lipinski definition) is 9. The summed E-state index contributed by atoms with van der Waals surface area (Å²) in [5.74, 6) is -3.17. The molecule has 1 aromatic heterocycles. The summed E-state index contributed by atoms with van der Waals surface area (Å²) in [4.78, 5) is 61.2. The van der Waals surface area contributed by atoms with Crippen LogP contribution in [0.3, 0.4) is 0 Å². The molecule has 0 radical (unpaired) electrons. The number of carbonyl (C=O) groups is 4. The van der Waals surface area contributed by atoms with Gasteiger partial charge in [0.1, 0.15) is 17.1 Å². The van der Waals surface area contributed by atoms with E-state index in [4.69, 9.17) is 0 Å². The Morgan fingerprint density at radius 2 is 2.00 bits per heavy atom. The molecule has 1 saturated heterocycles. The van der Waals surface area contributed by atoms with Crippen LogP contribution in [0, 0.1) is 10.1 Å². The molecule has 0 bridgehead atoms. The molecule has 2 aliphatic heterocycles. The SMILES string of the molecule is O=C(Cc1cccs1)N[C@@H]1C(=O)N2C(C(=O)O)=C(CSc3ccc([N+](=O)[O-])cc3C(=O)O)CS[C@@H]12. The van der Waals surface area contributed by atoms with Crippen LogP contribution in [0.2, 0.25) is 0 Å². The van der Waals surface area contributed by atoms with E-state index >= 15 is 0 Å². The van der Waals surface area contributed by atoms with Crippen molar-refractivity contribution in [2.75, 3.05) is 11.5 Å². The Balaban J connectivity index is 1.49. The first-order valence-electron chi connectivity index (χ1n) is 10.0. The van der Waals surface area contributed by atoms with Crippen LogP contribution in [-0.2, 0) is 20.8 Å². The average molecular weight is 536 g/mol. The number of carboxylic acid groups (broad SMARTS) is 2. The number of hydrogen-bond donors (Lipinski definition) is 3. The Hall–Kier alpha value is -3.36. The third-order valence-electron chi connectivity index (χ3n) is 5.29. The van der Waals surface area contributed by atoms with Crippen LogP contribution in [-0.4, -0.2) is 66.7 Å². The number of amides is 2. The smallest absolute Gasteiger partial charge is 0.352 e. The Kier molecular flexibility index (Phi) is 7.14. The van der Waals surface area contributed by atoms with Gasteiger partial charge in [0.25, 0.3) is 11.6 Å². The van der Waals surface area contributed by atoms with Crippen molar-refractivity contribution in [3.63, 3.8) is 0 Å². The molecule has 3 N–H and O–H groups in total. The summed E-state index contributed by atoms with van der Waals surface area (Å²) in [6.07, 6.45) is 0.128. The number of nitrogens with zero attached hydrogens (tertiary/aromatic N) is 2. The van der Waals surface area contributed by atoms with E-state index in [0.717, 1.165) is 27.6 Å². The van der Waals surface area contributed by atoms with E-state index in [2.05, 4.69) is 5.32 Å². The summed E-state index contributed by atoms with van der Waals surface area (Å²) in [5, 5.41) is 34.1. The van der Waals surface area contributed by atoms with Crippen molar-refractivity contribution in [1.82, 2.24) is 10.2 Å². The number of nitro benzene ring substituents is 1. The second-order valence-corrected chi connectivity index (χ2v) is 10.7. The lowest BCUT2D eigenvalue weighted by Gasteiger charge is -2.49. The average Bonchev–Trinajstić information content (AvgIpc) is 3.33. The lowest BCUT2D eigenvalue weighted by molar-refractivity contribution is -0.384. The van der Waals surface area contributed by atoms with Gasteiger partial charge in [-0.25, -0.2) is 9.59 Å². The number of aromatic carboxylic acids is 1. The summed E-state index contributed by atoms with van der Waals surface area (Å²) in [7, 11) is 0. The molecule has 2 aliphatic rings. The van der Waals surface area contributed by atoms with E-state index in [1.807, 2.05) is 17.5 Å². The minimum atomic E-state index is -1.35. The molecule has 2 atom stereocenters. The zero-order chi connectivity index (χ0) is 25.3. The third-order valence-corrected chi connectivity index (χ3v) is 8.66. The van der Waals surface area contributed by atoms with Gasteiger partial charge in [-0.05, 0) is 23.1 Å². The highest BCUT2D eigenvalue weighted by Gasteiger charge is 2.54. The van der Waals surface area contributed by atoms with Crippen LogP contribution in [0.15, 0.2) is 51.9 Å². The van der Waals surface area contributed by atoms with Crippen molar-refractivity contribution in [2.45, 2.75) is 22.7 Å². The molecular weight excluding hydrogens is 518 g/mol. The van der Waals surface area contributed by atoms with Crippen LogP contribution in [0.5, 0.6) is 0 Å². The summed E-state index contributed by atoms with van der Waals surface area (Å²) in [6.45, 7) is 0. The zero-order valence-electron chi connectivity index (χ0n) is 17.7. The van der Waals surface area contributed by atoms with Crippen LogP contribution >= 0.6 is 34.9 Å². The first-order valence-corrected chi connectivity index (χ1v) is 12.9. The van der Waals surface area contributed by atoms with E-state index < -0.39 is 34.2 Å². The largest absolute Gasteiger partial charge is 0.478 e. The minimum Gasteiger partial charge on any atom is -0.478 e. The molecule has 0 unspecified atom stereocenters. The maximum Gasteiger partial charge on any atom is 0.352 e. The van der Waals surface area contributed by atoms with Gasteiger partial charge in [0.2, 0.25) is 5.91 Å². The van der Waals surface area contributed by atoms with E-state index in [9.17, 15) is 39.5 Å². The number of β-lactam (4-membered cyclic amide) rings is 1. The number of non-ortho nitro benzene ring substituents is 1. The van der Waals surface area contributed by atoms with Gasteiger partial charge >= 0.3 is 11.9 Å². The van der Waals surface area contributed by atoms with Crippen LogP contribution < -0.4 is 5.32 Å². The molecule has 4 rings (SSSR count). The molecule has 35 heavy (non-hydrogen) atoms. The fraction of sp³-hybridized carbons (Fsp3) is 0.238. The third kappa shape index (κ3) is 5.04. The highest BCUT2D eigenvalue weighted by atomic mass is 32.2. The molecule has 1 aromatic carbocycles. The van der Waals surface area contributed by atoms with Crippen molar-refractivity contribution in [2.24, 2.45) is 0 Å². The normalized spacial score (nSPS) is 19.1. The van der Waals surface area contributed by atoms with Gasteiger partial charge in [-0.1, -0.05) is 6.07 Å². The van der Waals surface area contributed by atoms with Crippen molar-refractivity contribution >= 4 is 64.3 Å². The number of aliphatic carboxylic acids is 1. The summed E-state index contributed by atoms with van der Waals surface area (Å²) in [5.41, 5.74) is -0.410. The molecule has 0 spiro atoms. The summed E-state index contributed by atoms with van der Waals surface area (Å²) in [6, 6.07) is 6.23. The fourth-order valence-electron chi connectivity index (χ4n) is 3.68. The number of benzene rings is 1. The Labute approximate surface area is 210 Å². The fourth-order valence-corrected chi connectivity index (χ4v) is 6.89. The van der Waals surface area contributed by atoms with Gasteiger partial charge in [0, 0.05) is 33.4 Å². The number of carboxylic acids is 2. The first kappa shape index (κ1) is 24.8. The highest BCUT2D eigenvalue weighted by molar-refractivity contribution is 8.01. The number of thiophene rings is 1. The van der Waals surface area contributed by atoms with Crippen molar-refractivity contribution in [1.29, 1.82) is 0 Å². The Morgan fingerprint density at radius 1 is 1.23 bits per heavy atom. The quantitative estimate of drug-likeness (QED) is 0.188. The molecule has 3 heterocycles. The summed E-state index contributed by atoms with van der Waals surface area (Å²) >= 11 is 3.75. The Bertz CT molecular complexity index is 1260. The Morgan fingerprint density at radius 3 is 2.63 bits per heavy atom. The van der Waals surface area contributed by atoms with Crippen molar-refractivity contribution in [3.8, 4) is 0 Å². The minimum absolute atomic E-state index is 0.0681. The number of carbonyl (C=O) groups excluding carboxylic acids is 2. The lowest BCUT2D eigenvalue weighted by atomic mass is 10.0. The predicted octanol–water partition coefficient (Wildman–Crippen LogP) is 2.43. The molecule has 182 valence electrons.